The number of benzene rings is 1. The number of rotatable bonds is 9. The van der Waals surface area contributed by atoms with Crippen LogP contribution < -0.4 is 5.32 Å². The molecule has 0 spiro atoms. The molecule has 1 N–H and O–H groups in total. The Morgan fingerprint density at radius 2 is 1.62 bits per heavy atom. The minimum absolute atomic E-state index is 1.11. The van der Waals surface area contributed by atoms with E-state index in [0.29, 0.717) is 0 Å². The molecule has 1 aromatic rings. The lowest BCUT2D eigenvalue weighted by molar-refractivity contribution is 0.584. The first-order valence-corrected chi connectivity index (χ1v) is 6.68. The van der Waals surface area contributed by atoms with E-state index in [0.717, 1.165) is 13.0 Å². The zero-order chi connectivity index (χ0) is 11.5. The van der Waals surface area contributed by atoms with E-state index in [4.69, 9.17) is 0 Å². The Bertz CT molecular complexity index is 243. The third kappa shape index (κ3) is 6.62. The SMILES string of the molecule is CCCCCCCNCCc1ccccc1. The Morgan fingerprint density at radius 3 is 2.38 bits per heavy atom. The average Bonchev–Trinajstić information content (AvgIpc) is 2.34. The molecule has 0 heterocycles. The molecule has 1 heteroatoms. The van der Waals surface area contributed by atoms with Crippen LogP contribution >= 0.6 is 0 Å². The Labute approximate surface area is 100 Å². The highest BCUT2D eigenvalue weighted by atomic mass is 14.8. The van der Waals surface area contributed by atoms with E-state index >= 15 is 0 Å². The van der Waals surface area contributed by atoms with Gasteiger partial charge in [-0.1, -0.05) is 62.9 Å². The molecule has 16 heavy (non-hydrogen) atoms. The summed E-state index contributed by atoms with van der Waals surface area (Å²) in [5.41, 5.74) is 1.43. The van der Waals surface area contributed by atoms with Crippen LogP contribution in [0.4, 0.5) is 0 Å². The molecule has 0 saturated heterocycles. The van der Waals surface area contributed by atoms with Crippen LogP contribution in [0.25, 0.3) is 0 Å². The molecule has 0 unspecified atom stereocenters. The van der Waals surface area contributed by atoms with E-state index < -0.39 is 0 Å². The second-order valence-corrected chi connectivity index (χ2v) is 4.40. The maximum Gasteiger partial charge on any atom is -0.000835 e. The zero-order valence-electron chi connectivity index (χ0n) is 10.5. The van der Waals surface area contributed by atoms with Gasteiger partial charge in [-0.3, -0.25) is 0 Å². The van der Waals surface area contributed by atoms with Gasteiger partial charge < -0.3 is 5.32 Å². The normalized spacial score (nSPS) is 10.6. The van der Waals surface area contributed by atoms with Crippen molar-refractivity contribution in [1.82, 2.24) is 5.32 Å². The van der Waals surface area contributed by atoms with Crippen LogP contribution in [-0.4, -0.2) is 13.1 Å². The van der Waals surface area contributed by atoms with Crippen molar-refractivity contribution < 1.29 is 0 Å². The smallest absolute Gasteiger partial charge is 0.000835 e. The van der Waals surface area contributed by atoms with E-state index in [1.54, 1.807) is 0 Å². The fourth-order valence-corrected chi connectivity index (χ4v) is 1.86. The molecular weight excluding hydrogens is 194 g/mol. The van der Waals surface area contributed by atoms with E-state index in [1.807, 2.05) is 0 Å². The monoisotopic (exact) mass is 219 g/mol. The zero-order valence-corrected chi connectivity index (χ0v) is 10.5. The van der Waals surface area contributed by atoms with Gasteiger partial charge in [-0.2, -0.15) is 0 Å². The summed E-state index contributed by atoms with van der Waals surface area (Å²) in [6, 6.07) is 10.7. The molecule has 90 valence electrons. The van der Waals surface area contributed by atoms with E-state index in [1.165, 1.54) is 44.2 Å². The molecule has 1 nitrogen and oxygen atoms in total. The first-order valence-electron chi connectivity index (χ1n) is 6.68. The number of hydrogen-bond donors (Lipinski definition) is 1. The predicted octanol–water partition coefficient (Wildman–Crippen LogP) is 3.79. The Kier molecular flexibility index (Phi) is 7.79. The molecule has 0 bridgehead atoms. The van der Waals surface area contributed by atoms with Crippen LogP contribution in [0, 0.1) is 0 Å². The van der Waals surface area contributed by atoms with Crippen LogP contribution in [0.1, 0.15) is 44.6 Å². The average molecular weight is 219 g/mol. The van der Waals surface area contributed by atoms with Crippen molar-refractivity contribution in [1.29, 1.82) is 0 Å². The minimum atomic E-state index is 1.11. The van der Waals surface area contributed by atoms with Gasteiger partial charge in [0.25, 0.3) is 0 Å². The topological polar surface area (TPSA) is 12.0 Å². The van der Waals surface area contributed by atoms with Gasteiger partial charge in [-0.25, -0.2) is 0 Å². The fourth-order valence-electron chi connectivity index (χ4n) is 1.86. The van der Waals surface area contributed by atoms with Crippen molar-refractivity contribution in [2.75, 3.05) is 13.1 Å². The fraction of sp³-hybridized carbons (Fsp3) is 0.600. The van der Waals surface area contributed by atoms with Crippen LogP contribution in [0.3, 0.4) is 0 Å². The molecule has 0 aromatic heterocycles. The van der Waals surface area contributed by atoms with Gasteiger partial charge in [0.2, 0.25) is 0 Å². The number of hydrogen-bond acceptors (Lipinski definition) is 1. The lowest BCUT2D eigenvalue weighted by Crippen LogP contribution is -2.18. The maximum atomic E-state index is 3.51. The highest BCUT2D eigenvalue weighted by Crippen LogP contribution is 2.01. The third-order valence-corrected chi connectivity index (χ3v) is 2.89. The summed E-state index contributed by atoms with van der Waals surface area (Å²) in [4.78, 5) is 0. The van der Waals surface area contributed by atoms with Crippen LogP contribution in [-0.2, 0) is 6.42 Å². The molecule has 0 radical (unpaired) electrons. The van der Waals surface area contributed by atoms with Crippen molar-refractivity contribution in [3.8, 4) is 0 Å². The van der Waals surface area contributed by atoms with Gasteiger partial charge in [0.1, 0.15) is 0 Å². The number of nitrogens with one attached hydrogen (secondary N) is 1. The van der Waals surface area contributed by atoms with Crippen LogP contribution in [0.15, 0.2) is 30.3 Å². The lowest BCUT2D eigenvalue weighted by atomic mass is 10.1. The van der Waals surface area contributed by atoms with E-state index in [-0.39, 0.29) is 0 Å². The van der Waals surface area contributed by atoms with Gasteiger partial charge in [-0.15, -0.1) is 0 Å². The van der Waals surface area contributed by atoms with E-state index in [2.05, 4.69) is 42.6 Å². The quantitative estimate of drug-likeness (QED) is 0.623. The van der Waals surface area contributed by atoms with Crippen molar-refractivity contribution in [3.63, 3.8) is 0 Å². The molecule has 0 fully saturated rings. The maximum absolute atomic E-state index is 3.51. The van der Waals surface area contributed by atoms with Gasteiger partial charge >= 0.3 is 0 Å². The third-order valence-electron chi connectivity index (χ3n) is 2.89. The summed E-state index contributed by atoms with van der Waals surface area (Å²) >= 11 is 0. The molecule has 0 aliphatic carbocycles. The molecule has 1 aromatic carbocycles. The summed E-state index contributed by atoms with van der Waals surface area (Å²) in [5, 5.41) is 3.51. The molecule has 0 atom stereocenters. The summed E-state index contributed by atoms with van der Waals surface area (Å²) in [5.74, 6) is 0. The van der Waals surface area contributed by atoms with Crippen molar-refractivity contribution >= 4 is 0 Å². The number of unbranched alkanes of at least 4 members (excludes halogenated alkanes) is 4. The van der Waals surface area contributed by atoms with E-state index in [9.17, 15) is 0 Å². The standard InChI is InChI=1S/C15H25N/c1-2-3-4-5-9-13-16-14-12-15-10-7-6-8-11-15/h6-8,10-11,16H,2-5,9,12-14H2,1H3. The molecular formula is C15H25N. The van der Waals surface area contributed by atoms with Crippen molar-refractivity contribution in [2.45, 2.75) is 45.4 Å². The second kappa shape index (κ2) is 9.41. The lowest BCUT2D eigenvalue weighted by Gasteiger charge is -2.04. The molecule has 1 rings (SSSR count). The van der Waals surface area contributed by atoms with Gasteiger partial charge in [0.15, 0.2) is 0 Å². The van der Waals surface area contributed by atoms with Gasteiger partial charge in [0.05, 0.1) is 0 Å². The summed E-state index contributed by atoms with van der Waals surface area (Å²) in [7, 11) is 0. The molecule has 0 amide bonds. The second-order valence-electron chi connectivity index (χ2n) is 4.40. The summed E-state index contributed by atoms with van der Waals surface area (Å²) in [6.07, 6.45) is 7.99. The largest absolute Gasteiger partial charge is 0.316 e. The van der Waals surface area contributed by atoms with Gasteiger partial charge in [-0.05, 0) is 31.5 Å². The Morgan fingerprint density at radius 1 is 0.875 bits per heavy atom. The Balaban J connectivity index is 1.89. The first kappa shape index (κ1) is 13.2. The summed E-state index contributed by atoms with van der Waals surface area (Å²) < 4.78 is 0. The molecule has 0 aliphatic heterocycles. The highest BCUT2D eigenvalue weighted by Gasteiger charge is 1.92. The predicted molar refractivity (Wildman–Crippen MR) is 71.8 cm³/mol. The molecule has 0 saturated carbocycles. The van der Waals surface area contributed by atoms with Crippen molar-refractivity contribution in [3.05, 3.63) is 35.9 Å². The van der Waals surface area contributed by atoms with Crippen LogP contribution in [0.2, 0.25) is 0 Å². The minimum Gasteiger partial charge on any atom is -0.316 e. The summed E-state index contributed by atoms with van der Waals surface area (Å²) in [6.45, 7) is 4.55. The first-order chi connectivity index (χ1) is 7.93. The molecule has 0 aliphatic rings. The highest BCUT2D eigenvalue weighted by molar-refractivity contribution is 5.14. The van der Waals surface area contributed by atoms with Crippen molar-refractivity contribution in [2.24, 2.45) is 0 Å². The Hall–Kier alpha value is -0.820. The van der Waals surface area contributed by atoms with Gasteiger partial charge in [0, 0.05) is 0 Å². The van der Waals surface area contributed by atoms with Crippen LogP contribution in [0.5, 0.6) is 0 Å².